The standard InChI is InChI=1S/C23H28N2O4.C9H19NO/c1-3-27-23(26)22-18(17-9-10-20-21(11-17)29-15-28-20)14-25(2)19(22)13-24-12-16-7-5-4-6-8-16;1-3-5-7-10(9-11)8-6-4-2/h4-11,18-19,22,24H,3,12-15H2,1-2H3;9H,3-8H2,1-2H3. The Morgan fingerprint density at radius 1 is 1.05 bits per heavy atom. The van der Waals surface area contributed by atoms with Crippen LogP contribution in [0.4, 0.5) is 0 Å². The first-order valence-electron chi connectivity index (χ1n) is 14.7. The molecule has 0 spiro atoms. The van der Waals surface area contributed by atoms with Gasteiger partial charge >= 0.3 is 5.97 Å². The number of nitrogens with zero attached hydrogens (tertiary/aromatic N) is 2. The van der Waals surface area contributed by atoms with Crippen LogP contribution in [-0.4, -0.2) is 74.8 Å². The molecule has 0 aromatic heterocycles. The predicted octanol–water partition coefficient (Wildman–Crippen LogP) is 4.83. The summed E-state index contributed by atoms with van der Waals surface area (Å²) < 4.78 is 16.4. The molecule has 3 unspecified atom stereocenters. The van der Waals surface area contributed by atoms with Crippen LogP contribution in [0.2, 0.25) is 0 Å². The van der Waals surface area contributed by atoms with Crippen LogP contribution in [0.3, 0.4) is 0 Å². The van der Waals surface area contributed by atoms with Crippen molar-refractivity contribution in [1.29, 1.82) is 0 Å². The normalized spacial score (nSPS) is 19.6. The van der Waals surface area contributed by atoms with Crippen LogP contribution in [0.5, 0.6) is 11.5 Å². The van der Waals surface area contributed by atoms with Gasteiger partial charge in [0, 0.05) is 44.7 Å². The van der Waals surface area contributed by atoms with Crippen molar-refractivity contribution in [3.05, 3.63) is 59.7 Å². The molecule has 40 heavy (non-hydrogen) atoms. The number of hydrogen-bond donors (Lipinski definition) is 1. The highest BCUT2D eigenvalue weighted by atomic mass is 16.7. The predicted molar refractivity (Wildman–Crippen MR) is 157 cm³/mol. The number of likely N-dealkylation sites (tertiary alicyclic amines) is 1. The summed E-state index contributed by atoms with van der Waals surface area (Å²) in [5.74, 6) is 1.19. The third kappa shape index (κ3) is 8.96. The average molecular weight is 554 g/mol. The van der Waals surface area contributed by atoms with Crippen LogP contribution in [0.1, 0.15) is 63.5 Å². The van der Waals surface area contributed by atoms with Crippen molar-refractivity contribution in [3.63, 3.8) is 0 Å². The Morgan fingerprint density at radius 3 is 2.40 bits per heavy atom. The zero-order chi connectivity index (χ0) is 28.7. The number of carbonyl (C=O) groups excluding carboxylic acids is 2. The fourth-order valence-corrected chi connectivity index (χ4v) is 5.30. The van der Waals surface area contributed by atoms with E-state index in [-0.39, 0.29) is 30.6 Å². The smallest absolute Gasteiger partial charge is 0.311 e. The summed E-state index contributed by atoms with van der Waals surface area (Å²) in [6, 6.07) is 16.3. The van der Waals surface area contributed by atoms with Crippen molar-refractivity contribution < 1.29 is 23.8 Å². The molecule has 8 nitrogen and oxygen atoms in total. The molecule has 1 saturated heterocycles. The molecule has 2 aromatic rings. The maximum absolute atomic E-state index is 12.9. The molecule has 2 aliphatic rings. The van der Waals surface area contributed by atoms with Crippen molar-refractivity contribution in [2.45, 2.75) is 65.0 Å². The molecule has 2 aromatic carbocycles. The molecule has 1 fully saturated rings. The van der Waals surface area contributed by atoms with E-state index >= 15 is 0 Å². The summed E-state index contributed by atoms with van der Waals surface area (Å²) in [6.07, 6.45) is 5.54. The number of fused-ring (bicyclic) bond motifs is 1. The van der Waals surface area contributed by atoms with Gasteiger partial charge in [0.15, 0.2) is 11.5 Å². The van der Waals surface area contributed by atoms with E-state index in [1.54, 1.807) is 0 Å². The molecule has 2 heterocycles. The maximum atomic E-state index is 12.9. The highest BCUT2D eigenvalue weighted by Gasteiger charge is 2.45. The van der Waals surface area contributed by atoms with Gasteiger partial charge < -0.3 is 29.3 Å². The summed E-state index contributed by atoms with van der Waals surface area (Å²) >= 11 is 0. The Morgan fingerprint density at radius 2 is 1.75 bits per heavy atom. The van der Waals surface area contributed by atoms with Gasteiger partial charge in [0.05, 0.1) is 12.5 Å². The lowest BCUT2D eigenvalue weighted by Gasteiger charge is -2.25. The van der Waals surface area contributed by atoms with Crippen molar-refractivity contribution in [2.75, 3.05) is 46.6 Å². The summed E-state index contributed by atoms with van der Waals surface area (Å²) in [5.41, 5.74) is 2.32. The molecule has 0 bridgehead atoms. The van der Waals surface area contributed by atoms with Gasteiger partial charge in [-0.15, -0.1) is 0 Å². The fraction of sp³-hybridized carbons (Fsp3) is 0.562. The van der Waals surface area contributed by atoms with E-state index in [0.29, 0.717) is 6.61 Å². The summed E-state index contributed by atoms with van der Waals surface area (Å²) in [6.45, 7) is 10.9. The van der Waals surface area contributed by atoms with Crippen LogP contribution < -0.4 is 14.8 Å². The quantitative estimate of drug-likeness (QED) is 0.265. The Kier molecular flexibility index (Phi) is 13.3. The molecule has 220 valence electrons. The van der Waals surface area contributed by atoms with E-state index in [1.807, 2.05) is 48.2 Å². The van der Waals surface area contributed by atoms with Crippen LogP contribution in [0.15, 0.2) is 48.5 Å². The number of rotatable bonds is 14. The van der Waals surface area contributed by atoms with E-state index in [2.05, 4.69) is 43.2 Å². The molecule has 4 rings (SSSR count). The minimum Gasteiger partial charge on any atom is -0.466 e. The number of ether oxygens (including phenoxy) is 3. The summed E-state index contributed by atoms with van der Waals surface area (Å²) in [5, 5.41) is 3.52. The van der Waals surface area contributed by atoms with Gasteiger partial charge in [0.1, 0.15) is 0 Å². The molecular formula is C32H47N3O5. The minimum absolute atomic E-state index is 0.0528. The highest BCUT2D eigenvalue weighted by Crippen LogP contribution is 2.41. The number of unbranched alkanes of at least 4 members (excludes halogenated alkanes) is 2. The van der Waals surface area contributed by atoms with Crippen molar-refractivity contribution in [3.8, 4) is 11.5 Å². The Balaban J connectivity index is 0.000000342. The monoisotopic (exact) mass is 553 g/mol. The molecule has 3 atom stereocenters. The van der Waals surface area contributed by atoms with Gasteiger partial charge in [-0.2, -0.15) is 0 Å². The second kappa shape index (κ2) is 16.9. The molecular weight excluding hydrogens is 506 g/mol. The first-order chi connectivity index (χ1) is 19.5. The third-order valence-electron chi connectivity index (χ3n) is 7.55. The van der Waals surface area contributed by atoms with Gasteiger partial charge in [-0.1, -0.05) is 63.1 Å². The molecule has 8 heteroatoms. The molecule has 2 aliphatic heterocycles. The highest BCUT2D eigenvalue weighted by molar-refractivity contribution is 5.75. The largest absolute Gasteiger partial charge is 0.466 e. The molecule has 1 amide bonds. The number of likely N-dealkylation sites (N-methyl/N-ethyl adjacent to an activating group) is 1. The van der Waals surface area contributed by atoms with E-state index in [0.717, 1.165) is 81.9 Å². The lowest BCUT2D eigenvalue weighted by atomic mass is 9.85. The molecule has 0 saturated carbocycles. The van der Waals surface area contributed by atoms with Crippen LogP contribution in [0, 0.1) is 5.92 Å². The number of esters is 1. The van der Waals surface area contributed by atoms with Gasteiger partial charge in [0.2, 0.25) is 13.2 Å². The minimum atomic E-state index is -0.233. The first-order valence-corrected chi connectivity index (χ1v) is 14.7. The average Bonchev–Trinajstić information content (AvgIpc) is 3.58. The number of hydrogen-bond acceptors (Lipinski definition) is 7. The third-order valence-corrected chi connectivity index (χ3v) is 7.55. The van der Waals surface area contributed by atoms with Gasteiger partial charge in [-0.25, -0.2) is 0 Å². The van der Waals surface area contributed by atoms with Crippen LogP contribution in [0.25, 0.3) is 0 Å². The second-order valence-corrected chi connectivity index (χ2v) is 10.5. The number of nitrogens with one attached hydrogen (secondary N) is 1. The zero-order valence-corrected chi connectivity index (χ0v) is 24.6. The molecule has 0 aliphatic carbocycles. The number of benzene rings is 2. The van der Waals surface area contributed by atoms with Gasteiger partial charge in [0.25, 0.3) is 0 Å². The van der Waals surface area contributed by atoms with E-state index in [1.165, 1.54) is 5.56 Å². The number of amides is 1. The lowest BCUT2D eigenvalue weighted by Crippen LogP contribution is -2.42. The fourth-order valence-electron chi connectivity index (χ4n) is 5.30. The molecule has 0 radical (unpaired) electrons. The van der Waals surface area contributed by atoms with Crippen LogP contribution >= 0.6 is 0 Å². The van der Waals surface area contributed by atoms with Crippen molar-refractivity contribution in [2.24, 2.45) is 5.92 Å². The Labute approximate surface area is 240 Å². The summed E-state index contributed by atoms with van der Waals surface area (Å²) in [4.78, 5) is 27.5. The SMILES string of the molecule is CCCCN(C=O)CCCC.CCOC(=O)C1C(c2ccc3c(c2)OCO3)CN(C)C1CNCc1ccccc1. The van der Waals surface area contributed by atoms with E-state index in [9.17, 15) is 9.59 Å². The van der Waals surface area contributed by atoms with Gasteiger partial charge in [-0.3, -0.25) is 9.59 Å². The Hall–Kier alpha value is -3.10. The second-order valence-electron chi connectivity index (χ2n) is 10.5. The van der Waals surface area contributed by atoms with Crippen molar-refractivity contribution >= 4 is 12.4 Å². The van der Waals surface area contributed by atoms with Crippen LogP contribution in [-0.2, 0) is 20.9 Å². The van der Waals surface area contributed by atoms with Crippen molar-refractivity contribution in [1.82, 2.24) is 15.1 Å². The van der Waals surface area contributed by atoms with E-state index < -0.39 is 0 Å². The topological polar surface area (TPSA) is 80.3 Å². The number of carbonyl (C=O) groups is 2. The first kappa shape index (κ1) is 31.4. The molecule has 1 N–H and O–H groups in total. The Bertz CT molecular complexity index is 1030. The maximum Gasteiger partial charge on any atom is 0.311 e. The summed E-state index contributed by atoms with van der Waals surface area (Å²) in [7, 11) is 2.08. The van der Waals surface area contributed by atoms with E-state index in [4.69, 9.17) is 14.2 Å². The zero-order valence-electron chi connectivity index (χ0n) is 24.6. The van der Waals surface area contributed by atoms with Gasteiger partial charge in [-0.05, 0) is 50.1 Å². The lowest BCUT2D eigenvalue weighted by molar-refractivity contribution is -0.149.